The van der Waals surface area contributed by atoms with E-state index in [4.69, 9.17) is 11.6 Å². The van der Waals surface area contributed by atoms with Gasteiger partial charge >= 0.3 is 0 Å². The molecule has 5 heteroatoms. The summed E-state index contributed by atoms with van der Waals surface area (Å²) >= 11 is 5.84. The summed E-state index contributed by atoms with van der Waals surface area (Å²) in [6, 6.07) is 2.18. The van der Waals surface area contributed by atoms with E-state index in [1.807, 2.05) is 12.3 Å². The number of fused-ring (bicyclic) bond motifs is 1. The fraction of sp³-hybridized carbons (Fsp3) is 0.462. The van der Waals surface area contributed by atoms with Crippen molar-refractivity contribution in [2.24, 2.45) is 0 Å². The van der Waals surface area contributed by atoms with Crippen LogP contribution < -0.4 is 0 Å². The summed E-state index contributed by atoms with van der Waals surface area (Å²) in [5.41, 5.74) is 0.828. The van der Waals surface area contributed by atoms with Crippen LogP contribution in [0.25, 0.3) is 11.0 Å². The number of halogens is 1. The van der Waals surface area contributed by atoms with Gasteiger partial charge in [0.05, 0.1) is 0 Å². The maximum atomic E-state index is 11.7. The molecule has 2 aromatic rings. The van der Waals surface area contributed by atoms with Gasteiger partial charge in [0.25, 0.3) is 0 Å². The molecule has 94 valence electrons. The van der Waals surface area contributed by atoms with Crippen LogP contribution in [0.1, 0.15) is 38.1 Å². The van der Waals surface area contributed by atoms with Crippen molar-refractivity contribution in [1.29, 1.82) is 0 Å². The van der Waals surface area contributed by atoms with Crippen LogP contribution in [0.2, 0.25) is 5.28 Å². The molecular formula is C13H14ClN3O. The average Bonchev–Trinajstić information content (AvgIpc) is 2.64. The molecule has 0 aromatic carbocycles. The Labute approximate surface area is 110 Å². The first kappa shape index (κ1) is 11.7. The lowest BCUT2D eigenvalue weighted by Crippen LogP contribution is -2.11. The van der Waals surface area contributed by atoms with Crippen molar-refractivity contribution in [1.82, 2.24) is 14.5 Å². The van der Waals surface area contributed by atoms with Gasteiger partial charge in [-0.2, -0.15) is 4.98 Å². The van der Waals surface area contributed by atoms with E-state index in [2.05, 4.69) is 14.5 Å². The van der Waals surface area contributed by atoms with Gasteiger partial charge in [0.2, 0.25) is 5.28 Å². The highest BCUT2D eigenvalue weighted by molar-refractivity contribution is 6.28. The van der Waals surface area contributed by atoms with Crippen molar-refractivity contribution in [2.75, 3.05) is 0 Å². The first-order valence-electron chi connectivity index (χ1n) is 6.25. The second-order valence-corrected chi connectivity index (χ2v) is 5.12. The molecule has 0 radical (unpaired) electrons. The quantitative estimate of drug-likeness (QED) is 0.587. The fourth-order valence-electron chi connectivity index (χ4n) is 2.62. The predicted molar refractivity (Wildman–Crippen MR) is 69.7 cm³/mol. The van der Waals surface area contributed by atoms with E-state index < -0.39 is 0 Å². The van der Waals surface area contributed by atoms with Gasteiger partial charge in [0, 0.05) is 36.7 Å². The second kappa shape index (κ2) is 4.69. The van der Waals surface area contributed by atoms with E-state index in [1.165, 1.54) is 0 Å². The number of ketones is 1. The van der Waals surface area contributed by atoms with Crippen LogP contribution in [0.15, 0.2) is 18.5 Å². The van der Waals surface area contributed by atoms with E-state index in [0.717, 1.165) is 30.3 Å². The molecule has 1 saturated carbocycles. The molecule has 18 heavy (non-hydrogen) atoms. The summed E-state index contributed by atoms with van der Waals surface area (Å²) in [4.78, 5) is 20.0. The lowest BCUT2D eigenvalue weighted by molar-refractivity contribution is -0.119. The minimum Gasteiger partial charge on any atom is -0.329 e. The molecule has 1 unspecified atom stereocenters. The van der Waals surface area contributed by atoms with Gasteiger partial charge in [-0.05, 0) is 30.5 Å². The van der Waals surface area contributed by atoms with Gasteiger partial charge in [-0.15, -0.1) is 0 Å². The number of nitrogens with zero attached hydrogens (tertiary/aromatic N) is 3. The van der Waals surface area contributed by atoms with Gasteiger partial charge < -0.3 is 4.57 Å². The Hall–Kier alpha value is -1.42. The van der Waals surface area contributed by atoms with Gasteiger partial charge in [0.15, 0.2) is 0 Å². The Morgan fingerprint density at radius 1 is 1.39 bits per heavy atom. The molecule has 0 N–H and O–H groups in total. The van der Waals surface area contributed by atoms with Gasteiger partial charge in [-0.3, -0.25) is 4.79 Å². The van der Waals surface area contributed by atoms with Crippen molar-refractivity contribution in [3.8, 4) is 0 Å². The van der Waals surface area contributed by atoms with Crippen molar-refractivity contribution >= 4 is 28.4 Å². The van der Waals surface area contributed by atoms with Gasteiger partial charge in [-0.1, -0.05) is 6.42 Å². The number of carbonyl (C=O) groups is 1. The maximum Gasteiger partial charge on any atom is 0.224 e. The van der Waals surface area contributed by atoms with Crippen LogP contribution in [-0.2, 0) is 4.79 Å². The predicted octanol–water partition coefficient (Wildman–Crippen LogP) is 3.16. The molecule has 1 aliphatic carbocycles. The third-order valence-electron chi connectivity index (χ3n) is 3.53. The van der Waals surface area contributed by atoms with E-state index in [1.54, 1.807) is 6.20 Å². The standard InChI is InChI=1S/C13H14ClN3O/c14-13-15-8-9-5-6-17(12(9)16-13)10-3-1-2-4-11(18)7-10/h5-6,8,10H,1-4,7H2. The summed E-state index contributed by atoms with van der Waals surface area (Å²) in [7, 11) is 0. The topological polar surface area (TPSA) is 47.8 Å². The summed E-state index contributed by atoms with van der Waals surface area (Å²) in [5.74, 6) is 0.347. The van der Waals surface area contributed by atoms with E-state index >= 15 is 0 Å². The minimum atomic E-state index is 0.212. The molecule has 2 heterocycles. The molecule has 1 aliphatic rings. The first-order chi connectivity index (χ1) is 8.74. The SMILES string of the molecule is O=C1CCCCC(n2ccc3cnc(Cl)nc32)C1. The number of hydrogen-bond acceptors (Lipinski definition) is 3. The zero-order valence-electron chi connectivity index (χ0n) is 9.97. The third kappa shape index (κ3) is 2.12. The van der Waals surface area contributed by atoms with E-state index in [9.17, 15) is 4.79 Å². The van der Waals surface area contributed by atoms with Crippen molar-refractivity contribution < 1.29 is 4.79 Å². The largest absolute Gasteiger partial charge is 0.329 e. The Kier molecular flexibility index (Phi) is 3.04. The second-order valence-electron chi connectivity index (χ2n) is 4.78. The summed E-state index contributed by atoms with van der Waals surface area (Å²) in [6.45, 7) is 0. The lowest BCUT2D eigenvalue weighted by Gasteiger charge is -2.16. The number of rotatable bonds is 1. The normalized spacial score (nSPS) is 21.2. The average molecular weight is 264 g/mol. The highest BCUT2D eigenvalue weighted by Crippen LogP contribution is 2.28. The molecule has 0 aliphatic heterocycles. The van der Waals surface area contributed by atoms with Crippen molar-refractivity contribution in [3.05, 3.63) is 23.7 Å². The summed E-state index contributed by atoms with van der Waals surface area (Å²) < 4.78 is 2.08. The molecule has 1 fully saturated rings. The first-order valence-corrected chi connectivity index (χ1v) is 6.62. The number of Topliss-reactive ketones (excluding diaryl/α,β-unsaturated/α-hetero) is 1. The highest BCUT2D eigenvalue weighted by atomic mass is 35.5. The third-order valence-corrected chi connectivity index (χ3v) is 3.71. The summed E-state index contributed by atoms with van der Waals surface area (Å²) in [5, 5.41) is 1.22. The Bertz CT molecular complexity index is 593. The van der Waals surface area contributed by atoms with Crippen LogP contribution in [0, 0.1) is 0 Å². The lowest BCUT2D eigenvalue weighted by atomic mass is 10.1. The highest BCUT2D eigenvalue weighted by Gasteiger charge is 2.20. The smallest absolute Gasteiger partial charge is 0.224 e. The van der Waals surface area contributed by atoms with E-state index in [-0.39, 0.29) is 11.3 Å². The maximum absolute atomic E-state index is 11.7. The molecule has 0 bridgehead atoms. The van der Waals surface area contributed by atoms with Crippen molar-refractivity contribution in [2.45, 2.75) is 38.1 Å². The molecule has 4 nitrogen and oxygen atoms in total. The van der Waals surface area contributed by atoms with E-state index in [0.29, 0.717) is 18.6 Å². The van der Waals surface area contributed by atoms with Gasteiger partial charge in [0.1, 0.15) is 11.4 Å². The number of carbonyl (C=O) groups excluding carboxylic acids is 1. The molecule has 0 spiro atoms. The van der Waals surface area contributed by atoms with Crippen molar-refractivity contribution in [3.63, 3.8) is 0 Å². The van der Waals surface area contributed by atoms with Crippen LogP contribution >= 0.6 is 11.6 Å². The Morgan fingerprint density at radius 2 is 2.28 bits per heavy atom. The molecule has 1 atom stereocenters. The Balaban J connectivity index is 2.02. The fourth-order valence-corrected chi connectivity index (χ4v) is 2.75. The number of aromatic nitrogens is 3. The monoisotopic (exact) mass is 263 g/mol. The molecule has 2 aromatic heterocycles. The molecule has 0 amide bonds. The zero-order valence-corrected chi connectivity index (χ0v) is 10.7. The number of hydrogen-bond donors (Lipinski definition) is 0. The van der Waals surface area contributed by atoms with Crippen LogP contribution in [0.4, 0.5) is 0 Å². The zero-order chi connectivity index (χ0) is 12.5. The van der Waals surface area contributed by atoms with Crippen LogP contribution in [0.5, 0.6) is 0 Å². The molecule has 0 saturated heterocycles. The summed E-state index contributed by atoms with van der Waals surface area (Å²) in [6.07, 6.45) is 8.14. The molecule has 3 rings (SSSR count). The molecular weight excluding hydrogens is 250 g/mol. The van der Waals surface area contributed by atoms with Gasteiger partial charge in [-0.25, -0.2) is 4.98 Å². The minimum absolute atomic E-state index is 0.212. The van der Waals surface area contributed by atoms with Crippen LogP contribution in [-0.4, -0.2) is 20.3 Å². The Morgan fingerprint density at radius 3 is 3.17 bits per heavy atom. The van der Waals surface area contributed by atoms with Crippen LogP contribution in [0.3, 0.4) is 0 Å².